The summed E-state index contributed by atoms with van der Waals surface area (Å²) in [4.78, 5) is 95.1. The van der Waals surface area contributed by atoms with Crippen molar-refractivity contribution in [3.05, 3.63) is 71.3 Å². The van der Waals surface area contributed by atoms with E-state index < -0.39 is 89.1 Å². The average molecular weight is 939 g/mol. The van der Waals surface area contributed by atoms with E-state index in [0.717, 1.165) is 27.8 Å². The number of ketones is 2. The van der Waals surface area contributed by atoms with Gasteiger partial charge in [-0.05, 0) is 123 Å². The molecule has 3 saturated carbocycles. The monoisotopic (exact) mass is 938 g/mol. The zero-order valence-corrected chi connectivity index (χ0v) is 39.8. The van der Waals surface area contributed by atoms with Gasteiger partial charge in [0.2, 0.25) is 23.5 Å². The lowest BCUT2D eigenvalue weighted by Crippen LogP contribution is -2.63. The van der Waals surface area contributed by atoms with E-state index in [9.17, 15) is 48.9 Å². The van der Waals surface area contributed by atoms with E-state index in [1.165, 1.54) is 18.7 Å². The summed E-state index contributed by atoms with van der Waals surface area (Å²) >= 11 is 0. The van der Waals surface area contributed by atoms with Crippen molar-refractivity contribution in [2.24, 2.45) is 34.5 Å². The largest absolute Gasteiger partial charge is 0.449 e. The van der Waals surface area contributed by atoms with Crippen molar-refractivity contribution in [3.63, 3.8) is 0 Å². The molecule has 6 aliphatic rings. The number of fused-ring (bicyclic) bond motifs is 8. The van der Waals surface area contributed by atoms with Crippen LogP contribution in [0.1, 0.15) is 116 Å². The van der Waals surface area contributed by atoms with Crippen molar-refractivity contribution in [1.82, 2.24) is 20.9 Å². The molecule has 2 aromatic carbocycles. The number of aliphatic hydroxyl groups excluding tert-OH is 2. The van der Waals surface area contributed by atoms with E-state index in [4.69, 9.17) is 9.47 Å². The van der Waals surface area contributed by atoms with Crippen molar-refractivity contribution in [1.29, 1.82) is 0 Å². The van der Waals surface area contributed by atoms with Gasteiger partial charge in [0.15, 0.2) is 5.78 Å². The highest BCUT2D eigenvalue weighted by Crippen LogP contribution is 2.67. The number of hydrogen-bond acceptors (Lipinski definition) is 12. The van der Waals surface area contributed by atoms with Crippen LogP contribution < -0.4 is 16.0 Å². The SMILES string of the molecule is CC(C)[C@H](NC(=O)[C@@H]1CCCN1C(=O)[C@H](C)NC(=O)[C@H](C)NC(=O)OCC1c2ccccc2-c2ccccc21)C(=O)OC(O)C(=O)[C@@]1(O)CC[C@H]2[C@@H]3CCC4=CC(=O)CC[C@]4(C)[C@H]3[C@@H](O)C[C@@]21C. The van der Waals surface area contributed by atoms with Gasteiger partial charge in [0.05, 0.1) is 6.10 Å². The van der Waals surface area contributed by atoms with Crippen LogP contribution in [-0.4, -0.2) is 117 Å². The molecule has 4 amide bonds. The van der Waals surface area contributed by atoms with E-state index in [2.05, 4.69) is 22.9 Å². The Balaban J connectivity index is 0.836. The Morgan fingerprint density at radius 3 is 2.18 bits per heavy atom. The smallest absolute Gasteiger partial charge is 0.407 e. The summed E-state index contributed by atoms with van der Waals surface area (Å²) in [6.45, 7) is 10.3. The number of amides is 4. The second-order valence-corrected chi connectivity index (χ2v) is 21.0. The molecular formula is C52H66N4O12. The van der Waals surface area contributed by atoms with E-state index in [-0.39, 0.29) is 67.3 Å². The number of alkyl carbamates (subject to hydrolysis) is 1. The summed E-state index contributed by atoms with van der Waals surface area (Å²) < 4.78 is 10.9. The molecule has 12 atom stereocenters. The first-order valence-corrected chi connectivity index (χ1v) is 24.3. The number of likely N-dealkylation sites (tertiary alicyclic amines) is 1. The lowest BCUT2D eigenvalue weighted by molar-refractivity contribution is -0.205. The third-order valence-corrected chi connectivity index (χ3v) is 16.8. The van der Waals surface area contributed by atoms with Crippen molar-refractivity contribution < 1.29 is 58.4 Å². The number of allylic oxidation sites excluding steroid dienone is 1. The van der Waals surface area contributed by atoms with Gasteiger partial charge in [-0.15, -0.1) is 0 Å². The highest BCUT2D eigenvalue weighted by Gasteiger charge is 2.69. The minimum absolute atomic E-state index is 0.00178. The fourth-order valence-electron chi connectivity index (χ4n) is 13.1. The van der Waals surface area contributed by atoms with Gasteiger partial charge in [-0.1, -0.05) is 81.8 Å². The van der Waals surface area contributed by atoms with Crippen LogP contribution in [0.5, 0.6) is 0 Å². The Kier molecular flexibility index (Phi) is 13.5. The number of rotatable bonds is 13. The predicted molar refractivity (Wildman–Crippen MR) is 247 cm³/mol. The summed E-state index contributed by atoms with van der Waals surface area (Å²) in [5.41, 5.74) is 1.64. The molecule has 1 heterocycles. The molecule has 68 heavy (non-hydrogen) atoms. The molecule has 5 aliphatic carbocycles. The molecule has 16 nitrogen and oxygen atoms in total. The standard InChI is InChI=1S/C52H66N4O12/c1-27(2)42(47(63)68-48(64)43(59)52(66)22-20-38-36-18-17-30-24-31(57)19-21-50(30,5)41(36)40(58)25-51(38,52)6)55-45(61)39-16-11-23-56(39)46(62)29(4)53-44(60)28(3)54-49(65)67-26-37-34-14-9-7-12-32(34)33-13-8-10-15-35(33)37/h7-10,12-15,24,27-29,36-42,48,58,64,66H,11,16-23,25-26H2,1-6H3,(H,53,60)(H,54,65)(H,55,61)/t28-,29-,36-,38-,39-,40-,41+,42-,48?,50-,51-,52-/m0/s1. The van der Waals surface area contributed by atoms with Crippen LogP contribution in [0.4, 0.5) is 4.79 Å². The first-order chi connectivity index (χ1) is 32.2. The molecule has 2 aromatic rings. The zero-order valence-electron chi connectivity index (χ0n) is 39.8. The maximum atomic E-state index is 14.1. The van der Waals surface area contributed by atoms with Gasteiger partial charge in [0.25, 0.3) is 6.29 Å². The highest BCUT2D eigenvalue weighted by atomic mass is 16.6. The van der Waals surface area contributed by atoms with Gasteiger partial charge in [-0.3, -0.25) is 24.0 Å². The minimum atomic E-state index is -2.37. The van der Waals surface area contributed by atoms with Crippen LogP contribution in [0.3, 0.4) is 0 Å². The molecule has 4 fully saturated rings. The molecule has 366 valence electrons. The van der Waals surface area contributed by atoms with Crippen molar-refractivity contribution >= 4 is 41.4 Å². The van der Waals surface area contributed by atoms with Gasteiger partial charge < -0.3 is 45.6 Å². The zero-order chi connectivity index (χ0) is 49.0. The third kappa shape index (κ3) is 8.54. The number of hydrogen-bond donors (Lipinski definition) is 6. The Labute approximate surface area is 397 Å². The van der Waals surface area contributed by atoms with Crippen LogP contribution in [0, 0.1) is 34.5 Å². The van der Waals surface area contributed by atoms with Crippen molar-refractivity contribution in [3.8, 4) is 11.1 Å². The quantitative estimate of drug-likeness (QED) is 0.122. The summed E-state index contributed by atoms with van der Waals surface area (Å²) in [7, 11) is 0. The average Bonchev–Trinajstić information content (AvgIpc) is 3.99. The Morgan fingerprint density at radius 2 is 1.51 bits per heavy atom. The Morgan fingerprint density at radius 1 is 0.853 bits per heavy atom. The maximum absolute atomic E-state index is 14.1. The highest BCUT2D eigenvalue weighted by molar-refractivity contribution is 5.96. The molecule has 1 saturated heterocycles. The first kappa shape index (κ1) is 49.0. The number of carbonyl (C=O) groups excluding carboxylic acids is 7. The topological polar surface area (TPSA) is 238 Å². The number of esters is 1. The molecule has 0 bridgehead atoms. The lowest BCUT2D eigenvalue weighted by atomic mass is 9.45. The fraction of sp³-hybridized carbons (Fsp3) is 0.596. The van der Waals surface area contributed by atoms with E-state index >= 15 is 0 Å². The Hall–Kier alpha value is -5.45. The van der Waals surface area contributed by atoms with E-state index in [1.54, 1.807) is 26.8 Å². The number of nitrogens with zero attached hydrogens (tertiary/aromatic N) is 1. The summed E-state index contributed by atoms with van der Waals surface area (Å²) in [6.07, 6.45) is 1.34. The third-order valence-electron chi connectivity index (χ3n) is 16.8. The van der Waals surface area contributed by atoms with Crippen molar-refractivity contribution in [2.75, 3.05) is 13.2 Å². The first-order valence-electron chi connectivity index (χ1n) is 24.3. The maximum Gasteiger partial charge on any atom is 0.407 e. The second-order valence-electron chi connectivity index (χ2n) is 21.0. The molecule has 0 radical (unpaired) electrons. The number of ether oxygens (including phenoxy) is 2. The summed E-state index contributed by atoms with van der Waals surface area (Å²) in [5.74, 6) is -5.12. The normalized spacial score (nSPS) is 31.1. The van der Waals surface area contributed by atoms with E-state index in [0.29, 0.717) is 38.5 Å². The summed E-state index contributed by atoms with van der Waals surface area (Å²) in [5, 5.41) is 43.0. The van der Waals surface area contributed by atoms with Gasteiger partial charge in [0.1, 0.15) is 36.4 Å². The lowest BCUT2D eigenvalue weighted by Gasteiger charge is -2.60. The molecule has 1 aliphatic heterocycles. The van der Waals surface area contributed by atoms with Crippen LogP contribution in [0.25, 0.3) is 11.1 Å². The molecule has 8 rings (SSSR count). The molecular weight excluding hydrogens is 873 g/mol. The number of aliphatic hydroxyl groups is 3. The molecule has 0 spiro atoms. The van der Waals surface area contributed by atoms with Gasteiger partial charge in [-0.2, -0.15) is 0 Å². The molecule has 16 heteroatoms. The number of nitrogens with one attached hydrogen (secondary N) is 3. The van der Waals surface area contributed by atoms with Gasteiger partial charge in [0, 0.05) is 24.3 Å². The summed E-state index contributed by atoms with van der Waals surface area (Å²) in [6, 6.07) is 11.3. The van der Waals surface area contributed by atoms with Crippen LogP contribution >= 0.6 is 0 Å². The van der Waals surface area contributed by atoms with Crippen molar-refractivity contribution in [2.45, 2.75) is 147 Å². The van der Waals surface area contributed by atoms with Crippen LogP contribution in [0.15, 0.2) is 60.2 Å². The molecule has 1 unspecified atom stereocenters. The molecule has 0 aromatic heterocycles. The minimum Gasteiger partial charge on any atom is -0.449 e. The van der Waals surface area contributed by atoms with Crippen LogP contribution in [0.2, 0.25) is 0 Å². The van der Waals surface area contributed by atoms with Gasteiger partial charge >= 0.3 is 12.1 Å². The number of carbonyl (C=O) groups is 7. The predicted octanol–water partition coefficient (Wildman–Crippen LogP) is 4.21. The fourth-order valence-corrected chi connectivity index (χ4v) is 13.1. The Bertz CT molecular complexity index is 2360. The van der Waals surface area contributed by atoms with E-state index in [1.807, 2.05) is 48.5 Å². The van der Waals surface area contributed by atoms with Crippen LogP contribution in [-0.2, 0) is 38.2 Å². The van der Waals surface area contributed by atoms with Gasteiger partial charge in [-0.25, -0.2) is 9.59 Å². The number of benzene rings is 2. The molecule has 6 N–H and O–H groups in total. The number of Topliss-reactive ketones (excluding diaryl/α,β-unsaturated/α-hetero) is 1. The second kappa shape index (κ2) is 18.8.